The van der Waals surface area contributed by atoms with Gasteiger partial charge in [0.15, 0.2) is 0 Å². The second kappa shape index (κ2) is 5.98. The molecule has 1 aliphatic heterocycles. The van der Waals surface area contributed by atoms with Crippen LogP contribution < -0.4 is 0 Å². The minimum absolute atomic E-state index is 0.0767. The Balaban J connectivity index is 1.42. The van der Waals surface area contributed by atoms with E-state index >= 15 is 0 Å². The van der Waals surface area contributed by atoms with Crippen molar-refractivity contribution >= 4 is 16.8 Å². The van der Waals surface area contributed by atoms with Crippen molar-refractivity contribution in [3.8, 4) is 0 Å². The number of aliphatic hydroxyl groups is 1. The van der Waals surface area contributed by atoms with E-state index in [0.29, 0.717) is 11.7 Å². The molecule has 1 aromatic heterocycles. The Hall–Kier alpha value is -1.85. The number of aliphatic hydroxyl groups excluding tert-OH is 1. The third kappa shape index (κ3) is 2.75. The van der Waals surface area contributed by atoms with Crippen LogP contribution in [0.1, 0.15) is 29.8 Å². The van der Waals surface area contributed by atoms with Crippen molar-refractivity contribution in [1.29, 1.82) is 0 Å². The molecule has 2 fully saturated rings. The van der Waals surface area contributed by atoms with Crippen LogP contribution in [0.3, 0.4) is 0 Å². The van der Waals surface area contributed by atoms with Crippen molar-refractivity contribution in [1.82, 2.24) is 14.8 Å². The number of fused-ring (bicyclic) bond motifs is 1. The molecular weight excluding hydrogens is 290 g/mol. The van der Waals surface area contributed by atoms with E-state index in [2.05, 4.69) is 9.88 Å². The highest BCUT2D eigenvalue weighted by atomic mass is 16.3. The topological polar surface area (TPSA) is 59.6 Å². The minimum Gasteiger partial charge on any atom is -0.391 e. The number of nitrogens with one attached hydrogen (secondary N) is 1. The van der Waals surface area contributed by atoms with Crippen LogP contribution in [-0.2, 0) is 0 Å². The first-order valence-corrected chi connectivity index (χ1v) is 8.51. The molecule has 0 bridgehead atoms. The number of aromatic nitrogens is 1. The van der Waals surface area contributed by atoms with Gasteiger partial charge >= 0.3 is 0 Å². The number of para-hydroxylation sites is 1. The van der Waals surface area contributed by atoms with Crippen LogP contribution in [-0.4, -0.2) is 64.1 Å². The molecule has 2 N–H and O–H groups in total. The maximum Gasteiger partial charge on any atom is 0.270 e. The molecule has 0 spiro atoms. The summed E-state index contributed by atoms with van der Waals surface area (Å²) in [6.45, 7) is 3.18. The molecule has 1 saturated heterocycles. The molecule has 0 radical (unpaired) electrons. The number of aromatic amines is 1. The first-order valence-electron chi connectivity index (χ1n) is 8.51. The van der Waals surface area contributed by atoms with Gasteiger partial charge < -0.3 is 15.0 Å². The van der Waals surface area contributed by atoms with Gasteiger partial charge in [0.2, 0.25) is 0 Å². The standard InChI is InChI=1S/C18H23N3O2/c22-17-7-3-6-16(17)20-8-10-21(11-9-20)18(23)15-12-13-4-1-2-5-14(13)19-15/h1-2,4-5,12,16-17,19,22H,3,6-11H2. The second-order valence-electron chi connectivity index (χ2n) is 6.66. The van der Waals surface area contributed by atoms with Gasteiger partial charge in [0.25, 0.3) is 5.91 Å². The van der Waals surface area contributed by atoms with Crippen LogP contribution in [0.25, 0.3) is 10.9 Å². The Morgan fingerprint density at radius 2 is 1.91 bits per heavy atom. The van der Waals surface area contributed by atoms with Gasteiger partial charge in [-0.05, 0) is 31.4 Å². The highest BCUT2D eigenvalue weighted by molar-refractivity contribution is 5.98. The van der Waals surface area contributed by atoms with E-state index in [1.165, 1.54) is 0 Å². The Kier molecular flexibility index (Phi) is 3.83. The van der Waals surface area contributed by atoms with Gasteiger partial charge in [-0.25, -0.2) is 0 Å². The number of hydrogen-bond donors (Lipinski definition) is 2. The van der Waals surface area contributed by atoms with Crippen LogP contribution in [0.15, 0.2) is 30.3 Å². The predicted octanol–water partition coefficient (Wildman–Crippen LogP) is 1.84. The lowest BCUT2D eigenvalue weighted by molar-refractivity contribution is 0.0313. The molecule has 122 valence electrons. The highest BCUT2D eigenvalue weighted by Crippen LogP contribution is 2.25. The average molecular weight is 313 g/mol. The maximum atomic E-state index is 12.7. The van der Waals surface area contributed by atoms with Crippen LogP contribution in [0.4, 0.5) is 0 Å². The van der Waals surface area contributed by atoms with Crippen molar-refractivity contribution < 1.29 is 9.90 Å². The molecule has 2 aliphatic rings. The number of carbonyl (C=O) groups excluding carboxylic acids is 1. The first kappa shape index (κ1) is 14.7. The number of hydrogen-bond acceptors (Lipinski definition) is 3. The van der Waals surface area contributed by atoms with Gasteiger partial charge in [-0.15, -0.1) is 0 Å². The second-order valence-corrected chi connectivity index (χ2v) is 6.66. The number of rotatable bonds is 2. The van der Waals surface area contributed by atoms with Crippen LogP contribution in [0.5, 0.6) is 0 Å². The molecule has 2 aromatic rings. The SMILES string of the molecule is O=C(c1cc2ccccc2[nH]1)N1CCN(C2CCCC2O)CC1. The fourth-order valence-corrected chi connectivity index (χ4v) is 3.96. The van der Waals surface area contributed by atoms with E-state index in [0.717, 1.165) is 56.3 Å². The molecule has 1 aliphatic carbocycles. The van der Waals surface area contributed by atoms with E-state index < -0.39 is 0 Å². The Morgan fingerprint density at radius 1 is 1.13 bits per heavy atom. The van der Waals surface area contributed by atoms with E-state index in [1.807, 2.05) is 35.2 Å². The van der Waals surface area contributed by atoms with Gasteiger partial charge in [0.1, 0.15) is 5.69 Å². The van der Waals surface area contributed by atoms with Crippen LogP contribution in [0, 0.1) is 0 Å². The Morgan fingerprint density at radius 3 is 2.61 bits per heavy atom. The quantitative estimate of drug-likeness (QED) is 0.889. The molecule has 1 amide bonds. The minimum atomic E-state index is -0.189. The van der Waals surface area contributed by atoms with Crippen LogP contribution >= 0.6 is 0 Å². The molecule has 1 saturated carbocycles. The number of amides is 1. The van der Waals surface area contributed by atoms with E-state index in [1.54, 1.807) is 0 Å². The van der Waals surface area contributed by atoms with Gasteiger partial charge in [0, 0.05) is 43.1 Å². The zero-order valence-corrected chi connectivity index (χ0v) is 13.2. The summed E-state index contributed by atoms with van der Waals surface area (Å²) in [7, 11) is 0. The molecule has 4 rings (SSSR count). The van der Waals surface area contributed by atoms with Crippen molar-refractivity contribution in [3.05, 3.63) is 36.0 Å². The highest BCUT2D eigenvalue weighted by Gasteiger charge is 2.33. The summed E-state index contributed by atoms with van der Waals surface area (Å²) in [4.78, 5) is 20.2. The maximum absolute atomic E-state index is 12.7. The normalized spacial score (nSPS) is 26.0. The lowest BCUT2D eigenvalue weighted by Gasteiger charge is -2.38. The zero-order valence-electron chi connectivity index (χ0n) is 13.2. The summed E-state index contributed by atoms with van der Waals surface area (Å²) < 4.78 is 0. The fourth-order valence-electron chi connectivity index (χ4n) is 3.96. The molecule has 2 unspecified atom stereocenters. The van der Waals surface area contributed by atoms with Crippen molar-refractivity contribution in [2.75, 3.05) is 26.2 Å². The Bertz CT molecular complexity index is 670. The lowest BCUT2D eigenvalue weighted by atomic mass is 10.1. The fraction of sp³-hybridized carbons (Fsp3) is 0.500. The summed E-state index contributed by atoms with van der Waals surface area (Å²) in [5.74, 6) is 0.0767. The smallest absolute Gasteiger partial charge is 0.270 e. The summed E-state index contributed by atoms with van der Waals surface area (Å²) in [6, 6.07) is 10.2. The van der Waals surface area contributed by atoms with Crippen molar-refractivity contribution in [2.45, 2.75) is 31.4 Å². The summed E-state index contributed by atoms with van der Waals surface area (Å²) in [5, 5.41) is 11.1. The third-order valence-electron chi connectivity index (χ3n) is 5.27. The van der Waals surface area contributed by atoms with Gasteiger partial charge in [-0.1, -0.05) is 18.2 Å². The van der Waals surface area contributed by atoms with E-state index in [4.69, 9.17) is 0 Å². The average Bonchev–Trinajstić information content (AvgIpc) is 3.20. The molecule has 5 nitrogen and oxygen atoms in total. The van der Waals surface area contributed by atoms with Crippen molar-refractivity contribution in [2.24, 2.45) is 0 Å². The summed E-state index contributed by atoms with van der Waals surface area (Å²) in [5.41, 5.74) is 1.67. The number of nitrogens with zero attached hydrogens (tertiary/aromatic N) is 2. The number of piperazine rings is 1. The number of carbonyl (C=O) groups is 1. The van der Waals surface area contributed by atoms with Crippen LogP contribution in [0.2, 0.25) is 0 Å². The zero-order chi connectivity index (χ0) is 15.8. The van der Waals surface area contributed by atoms with Gasteiger partial charge in [0.05, 0.1) is 6.10 Å². The molecular formula is C18H23N3O2. The monoisotopic (exact) mass is 313 g/mol. The Labute approximate surface area is 135 Å². The van der Waals surface area contributed by atoms with Gasteiger partial charge in [-0.2, -0.15) is 0 Å². The lowest BCUT2D eigenvalue weighted by Crippen LogP contribution is -2.53. The molecule has 1 aromatic carbocycles. The van der Waals surface area contributed by atoms with E-state index in [-0.39, 0.29) is 12.0 Å². The third-order valence-corrected chi connectivity index (χ3v) is 5.27. The predicted molar refractivity (Wildman–Crippen MR) is 89.4 cm³/mol. The summed E-state index contributed by atoms with van der Waals surface area (Å²) in [6.07, 6.45) is 2.92. The molecule has 23 heavy (non-hydrogen) atoms. The number of benzene rings is 1. The molecule has 5 heteroatoms. The largest absolute Gasteiger partial charge is 0.391 e. The first-order chi connectivity index (χ1) is 11.2. The summed E-state index contributed by atoms with van der Waals surface area (Å²) >= 11 is 0. The van der Waals surface area contributed by atoms with Crippen molar-refractivity contribution in [3.63, 3.8) is 0 Å². The van der Waals surface area contributed by atoms with E-state index in [9.17, 15) is 9.90 Å². The van der Waals surface area contributed by atoms with Gasteiger partial charge in [-0.3, -0.25) is 9.69 Å². The molecule has 2 atom stereocenters. The number of H-pyrrole nitrogens is 1. The molecule has 2 heterocycles.